The van der Waals surface area contributed by atoms with Crippen molar-refractivity contribution >= 4 is 0 Å². The number of benzene rings is 2. The molecule has 4 nitrogen and oxygen atoms in total. The van der Waals surface area contributed by atoms with Gasteiger partial charge < -0.3 is 18.9 Å². The third kappa shape index (κ3) is 3.43. The van der Waals surface area contributed by atoms with E-state index in [2.05, 4.69) is 37.3 Å². The van der Waals surface area contributed by atoms with Gasteiger partial charge in [0.1, 0.15) is 0 Å². The zero-order valence-electron chi connectivity index (χ0n) is 15.1. The molecule has 0 saturated carbocycles. The molecule has 0 amide bonds. The van der Waals surface area contributed by atoms with Crippen molar-refractivity contribution in [2.75, 3.05) is 21.0 Å². The Morgan fingerprint density at radius 2 is 1.60 bits per heavy atom. The molecular weight excluding hydrogens is 316 g/mol. The standard InChI is InChI=1S/C21H24O4/c1-5-6-14(2)21(15-7-9-17(22-3)19(11-15)23-4)16-8-10-18-20(12-16)25-13-24-18/h5-12,14,21H,13H2,1-4H3/b6-5+/t14-,21+/m1/s1. The van der Waals surface area contributed by atoms with E-state index in [0.717, 1.165) is 23.0 Å². The molecule has 0 spiro atoms. The average molecular weight is 340 g/mol. The molecule has 1 aliphatic heterocycles. The van der Waals surface area contributed by atoms with Gasteiger partial charge in [-0.1, -0.05) is 31.2 Å². The van der Waals surface area contributed by atoms with Gasteiger partial charge >= 0.3 is 0 Å². The van der Waals surface area contributed by atoms with Crippen molar-refractivity contribution in [2.45, 2.75) is 19.8 Å². The van der Waals surface area contributed by atoms with Crippen molar-refractivity contribution in [3.05, 3.63) is 59.7 Å². The molecule has 0 bridgehead atoms. The predicted molar refractivity (Wildman–Crippen MR) is 97.9 cm³/mol. The molecule has 1 aliphatic rings. The fourth-order valence-corrected chi connectivity index (χ4v) is 3.37. The molecule has 2 aromatic carbocycles. The number of ether oxygens (including phenoxy) is 4. The lowest BCUT2D eigenvalue weighted by Crippen LogP contribution is -2.10. The maximum absolute atomic E-state index is 5.56. The van der Waals surface area contributed by atoms with Gasteiger partial charge in [-0.15, -0.1) is 0 Å². The van der Waals surface area contributed by atoms with Crippen LogP contribution in [0.3, 0.4) is 0 Å². The van der Waals surface area contributed by atoms with E-state index in [4.69, 9.17) is 18.9 Å². The minimum Gasteiger partial charge on any atom is -0.493 e. The van der Waals surface area contributed by atoms with Gasteiger partial charge in [0.05, 0.1) is 14.2 Å². The molecule has 0 radical (unpaired) electrons. The summed E-state index contributed by atoms with van der Waals surface area (Å²) in [5, 5.41) is 0. The summed E-state index contributed by atoms with van der Waals surface area (Å²) < 4.78 is 21.9. The first-order valence-electron chi connectivity index (χ1n) is 8.42. The second kappa shape index (κ2) is 7.51. The smallest absolute Gasteiger partial charge is 0.231 e. The Balaban J connectivity index is 2.06. The molecule has 25 heavy (non-hydrogen) atoms. The van der Waals surface area contributed by atoms with Crippen LogP contribution in [0.4, 0.5) is 0 Å². The van der Waals surface area contributed by atoms with E-state index >= 15 is 0 Å². The molecule has 132 valence electrons. The highest BCUT2D eigenvalue weighted by atomic mass is 16.7. The van der Waals surface area contributed by atoms with Gasteiger partial charge in [0.25, 0.3) is 0 Å². The van der Waals surface area contributed by atoms with Crippen molar-refractivity contribution < 1.29 is 18.9 Å². The molecule has 0 N–H and O–H groups in total. The van der Waals surface area contributed by atoms with Gasteiger partial charge in [0, 0.05) is 5.92 Å². The molecule has 2 atom stereocenters. The minimum absolute atomic E-state index is 0.172. The molecule has 0 fully saturated rings. The second-order valence-electron chi connectivity index (χ2n) is 6.09. The normalized spacial score (nSPS) is 15.2. The van der Waals surface area contributed by atoms with Crippen molar-refractivity contribution in [2.24, 2.45) is 5.92 Å². The number of fused-ring (bicyclic) bond motifs is 1. The predicted octanol–water partition coefficient (Wildman–Crippen LogP) is 4.78. The van der Waals surface area contributed by atoms with Crippen LogP contribution in [0.1, 0.15) is 30.9 Å². The fourth-order valence-electron chi connectivity index (χ4n) is 3.37. The molecule has 3 rings (SSSR count). The monoisotopic (exact) mass is 340 g/mol. The lowest BCUT2D eigenvalue weighted by Gasteiger charge is -2.24. The van der Waals surface area contributed by atoms with Crippen LogP contribution in [0.5, 0.6) is 23.0 Å². The maximum atomic E-state index is 5.56. The molecule has 0 unspecified atom stereocenters. The zero-order valence-corrected chi connectivity index (χ0v) is 15.1. The SMILES string of the molecule is C/C=C/[C@@H](C)[C@@H](c1ccc(OC)c(OC)c1)c1ccc2c(c1)OCO2. The van der Waals surface area contributed by atoms with Gasteiger partial charge in [-0.3, -0.25) is 0 Å². The largest absolute Gasteiger partial charge is 0.493 e. The summed E-state index contributed by atoms with van der Waals surface area (Å²) in [5.41, 5.74) is 2.35. The van der Waals surface area contributed by atoms with Crippen LogP contribution in [0.2, 0.25) is 0 Å². The minimum atomic E-state index is 0.172. The zero-order chi connectivity index (χ0) is 17.8. The number of methoxy groups -OCH3 is 2. The molecule has 4 heteroatoms. The summed E-state index contributed by atoms with van der Waals surface area (Å²) in [6.07, 6.45) is 4.30. The van der Waals surface area contributed by atoms with Crippen LogP contribution < -0.4 is 18.9 Å². The molecule has 0 aliphatic carbocycles. The van der Waals surface area contributed by atoms with E-state index < -0.39 is 0 Å². The fraction of sp³-hybridized carbons (Fsp3) is 0.333. The Labute approximate surface area is 149 Å². The Morgan fingerprint density at radius 1 is 0.920 bits per heavy atom. The summed E-state index contributed by atoms with van der Waals surface area (Å²) in [4.78, 5) is 0. The summed E-state index contributed by atoms with van der Waals surface area (Å²) in [6, 6.07) is 12.3. The summed E-state index contributed by atoms with van der Waals surface area (Å²) in [5.74, 6) is 3.55. The second-order valence-corrected chi connectivity index (χ2v) is 6.09. The maximum Gasteiger partial charge on any atom is 0.231 e. The first-order valence-corrected chi connectivity index (χ1v) is 8.42. The van der Waals surface area contributed by atoms with E-state index in [1.54, 1.807) is 14.2 Å². The molecular formula is C21H24O4. The summed E-state index contributed by atoms with van der Waals surface area (Å²) in [6.45, 7) is 4.54. The van der Waals surface area contributed by atoms with Crippen LogP contribution in [-0.4, -0.2) is 21.0 Å². The van der Waals surface area contributed by atoms with Gasteiger partial charge in [-0.25, -0.2) is 0 Å². The van der Waals surface area contributed by atoms with E-state index in [-0.39, 0.29) is 12.7 Å². The van der Waals surface area contributed by atoms with Gasteiger partial charge in [-0.05, 0) is 48.2 Å². The topological polar surface area (TPSA) is 36.9 Å². The van der Waals surface area contributed by atoms with Crippen LogP contribution in [0.25, 0.3) is 0 Å². The number of allylic oxidation sites excluding steroid dienone is 2. The van der Waals surface area contributed by atoms with Crippen LogP contribution >= 0.6 is 0 Å². The van der Waals surface area contributed by atoms with Crippen LogP contribution in [0, 0.1) is 5.92 Å². The van der Waals surface area contributed by atoms with Crippen molar-refractivity contribution in [1.29, 1.82) is 0 Å². The Morgan fingerprint density at radius 3 is 2.32 bits per heavy atom. The van der Waals surface area contributed by atoms with E-state index in [0.29, 0.717) is 5.92 Å². The third-order valence-electron chi connectivity index (χ3n) is 4.54. The number of hydrogen-bond acceptors (Lipinski definition) is 4. The van der Waals surface area contributed by atoms with Crippen molar-refractivity contribution in [3.63, 3.8) is 0 Å². The highest BCUT2D eigenvalue weighted by Gasteiger charge is 2.24. The number of rotatable bonds is 6. The first kappa shape index (κ1) is 17.2. The summed E-state index contributed by atoms with van der Waals surface area (Å²) >= 11 is 0. The average Bonchev–Trinajstić information content (AvgIpc) is 3.10. The van der Waals surface area contributed by atoms with Crippen LogP contribution in [0.15, 0.2) is 48.6 Å². The van der Waals surface area contributed by atoms with E-state index in [1.807, 2.05) is 25.1 Å². The Bertz CT molecular complexity index is 766. The van der Waals surface area contributed by atoms with Crippen LogP contribution in [-0.2, 0) is 0 Å². The van der Waals surface area contributed by atoms with E-state index in [9.17, 15) is 0 Å². The molecule has 2 aromatic rings. The van der Waals surface area contributed by atoms with Gasteiger partial charge in [0.2, 0.25) is 6.79 Å². The number of hydrogen-bond donors (Lipinski definition) is 0. The molecule has 0 aromatic heterocycles. The third-order valence-corrected chi connectivity index (χ3v) is 4.54. The lowest BCUT2D eigenvalue weighted by atomic mass is 9.81. The quantitative estimate of drug-likeness (QED) is 0.709. The van der Waals surface area contributed by atoms with Gasteiger partial charge in [-0.2, -0.15) is 0 Å². The lowest BCUT2D eigenvalue weighted by molar-refractivity contribution is 0.174. The Hall–Kier alpha value is -2.62. The van der Waals surface area contributed by atoms with E-state index in [1.165, 1.54) is 11.1 Å². The van der Waals surface area contributed by atoms with Crippen molar-refractivity contribution in [3.8, 4) is 23.0 Å². The highest BCUT2D eigenvalue weighted by Crippen LogP contribution is 2.41. The highest BCUT2D eigenvalue weighted by molar-refractivity contribution is 5.50. The first-order chi connectivity index (χ1) is 12.2. The van der Waals surface area contributed by atoms with Crippen molar-refractivity contribution in [1.82, 2.24) is 0 Å². The summed E-state index contributed by atoms with van der Waals surface area (Å²) in [7, 11) is 3.31. The molecule has 1 heterocycles. The van der Waals surface area contributed by atoms with Gasteiger partial charge in [0.15, 0.2) is 23.0 Å². The molecule has 0 saturated heterocycles. The Kier molecular flexibility index (Phi) is 5.17.